The van der Waals surface area contributed by atoms with Gasteiger partial charge in [0, 0.05) is 49.3 Å². The Morgan fingerprint density at radius 3 is 1.15 bits per heavy atom. The minimum absolute atomic E-state index is 0.00848. The van der Waals surface area contributed by atoms with Crippen LogP contribution in [0.1, 0.15) is 99.8 Å². The summed E-state index contributed by atoms with van der Waals surface area (Å²) in [7, 11) is 0. The quantitative estimate of drug-likeness (QED) is 0.0518. The summed E-state index contributed by atoms with van der Waals surface area (Å²) in [6.45, 7) is 8.10. The molecule has 17 heteroatoms. The number of hydrogen-bond donors (Lipinski definition) is 2. The number of amides is 7. The van der Waals surface area contributed by atoms with E-state index in [2.05, 4.69) is 5.32 Å². The fourth-order valence-corrected chi connectivity index (χ4v) is 11.0. The van der Waals surface area contributed by atoms with Crippen LogP contribution in [-0.4, -0.2) is 139 Å². The third kappa shape index (κ3) is 18.0. The summed E-state index contributed by atoms with van der Waals surface area (Å²) in [5.74, 6) is -3.87. The third-order valence-electron chi connectivity index (χ3n) is 15.5. The lowest BCUT2D eigenvalue weighted by Gasteiger charge is -2.52. The van der Waals surface area contributed by atoms with Crippen LogP contribution in [0.25, 0.3) is 0 Å². The van der Waals surface area contributed by atoms with Gasteiger partial charge in [0.05, 0.1) is 19.1 Å². The molecule has 84 heavy (non-hydrogen) atoms. The van der Waals surface area contributed by atoms with E-state index in [0.29, 0.717) is 11.1 Å². The molecule has 6 aromatic carbocycles. The lowest BCUT2D eigenvalue weighted by atomic mass is 9.78. The van der Waals surface area contributed by atoms with Crippen molar-refractivity contribution in [3.63, 3.8) is 0 Å². The Morgan fingerprint density at radius 2 is 0.774 bits per heavy atom. The molecule has 0 saturated carbocycles. The lowest BCUT2D eigenvalue weighted by molar-refractivity contribution is -0.293. The molecule has 1 aliphatic rings. The fraction of sp³-hybridized carbons (Fsp3) is 0.358. The molecule has 0 spiro atoms. The van der Waals surface area contributed by atoms with Crippen LogP contribution in [0.5, 0.6) is 0 Å². The molecular formula is C67H80N9O8. The third-order valence-corrected chi connectivity index (χ3v) is 15.5. The SMILES string of the molecule is C[C@H](NCC(=O)N(CC(=O)N(CC(=O)N(CC(=O)N(CC(=O)N(CC(=O)N(CC(N)=O)[C@@H](C)c1ccccc1)Cc1ccccc1)Cc1ccccc1)C1CC(C)(C)N([O])C(C)(C)C1)Cc1ccccc1)Cc1ccccc1)c1ccccc1. The Kier molecular flexibility index (Phi) is 22.3. The molecular weight excluding hydrogens is 1060 g/mol. The highest BCUT2D eigenvalue weighted by molar-refractivity contribution is 5.93. The molecule has 2 atom stereocenters. The van der Waals surface area contributed by atoms with Crippen LogP contribution in [-0.2, 0) is 64.9 Å². The van der Waals surface area contributed by atoms with Crippen LogP contribution in [0.3, 0.4) is 0 Å². The predicted molar refractivity (Wildman–Crippen MR) is 321 cm³/mol. The van der Waals surface area contributed by atoms with Crippen molar-refractivity contribution in [3.05, 3.63) is 215 Å². The summed E-state index contributed by atoms with van der Waals surface area (Å²) in [4.78, 5) is 111. The van der Waals surface area contributed by atoms with Crippen LogP contribution in [0.15, 0.2) is 182 Å². The van der Waals surface area contributed by atoms with Crippen LogP contribution >= 0.6 is 0 Å². The Bertz CT molecular complexity index is 3100. The van der Waals surface area contributed by atoms with Crippen molar-refractivity contribution in [2.45, 2.75) is 110 Å². The van der Waals surface area contributed by atoms with E-state index < -0.39 is 91.3 Å². The van der Waals surface area contributed by atoms with Gasteiger partial charge in [-0.05, 0) is 87.8 Å². The molecule has 7 amide bonds. The van der Waals surface area contributed by atoms with Gasteiger partial charge < -0.3 is 40.4 Å². The minimum Gasteiger partial charge on any atom is -0.368 e. The second-order valence-electron chi connectivity index (χ2n) is 23.0. The molecule has 1 heterocycles. The van der Waals surface area contributed by atoms with Gasteiger partial charge in [-0.3, -0.25) is 33.6 Å². The summed E-state index contributed by atoms with van der Waals surface area (Å²) < 4.78 is 0. The average molecular weight is 1140 g/mol. The molecule has 3 N–H and O–H groups in total. The van der Waals surface area contributed by atoms with Gasteiger partial charge in [-0.15, -0.1) is 10.3 Å². The Morgan fingerprint density at radius 1 is 0.452 bits per heavy atom. The van der Waals surface area contributed by atoms with Crippen LogP contribution in [0, 0.1) is 0 Å². The molecule has 0 aromatic heterocycles. The van der Waals surface area contributed by atoms with Crippen molar-refractivity contribution in [1.82, 2.24) is 39.8 Å². The maximum atomic E-state index is 15.6. The molecule has 1 aliphatic heterocycles. The highest BCUT2D eigenvalue weighted by atomic mass is 16.5. The van der Waals surface area contributed by atoms with E-state index in [1.54, 1.807) is 34.6 Å². The van der Waals surface area contributed by atoms with E-state index in [0.717, 1.165) is 27.3 Å². The first-order valence-electron chi connectivity index (χ1n) is 28.6. The van der Waals surface area contributed by atoms with Gasteiger partial charge in [0.1, 0.15) is 32.7 Å². The molecule has 1 saturated heterocycles. The first kappa shape index (κ1) is 63.1. The number of carbonyl (C=O) groups excluding carboxylic acids is 7. The first-order chi connectivity index (χ1) is 40.2. The van der Waals surface area contributed by atoms with Gasteiger partial charge in [-0.25, -0.2) is 0 Å². The smallest absolute Gasteiger partial charge is 0.243 e. The van der Waals surface area contributed by atoms with E-state index in [1.807, 2.05) is 189 Å². The maximum absolute atomic E-state index is 15.6. The number of nitrogens with one attached hydrogen (secondary N) is 1. The van der Waals surface area contributed by atoms with E-state index in [-0.39, 0.29) is 64.1 Å². The summed E-state index contributed by atoms with van der Waals surface area (Å²) in [6, 6.07) is 54.2. The average Bonchev–Trinajstić information content (AvgIpc) is 2.21. The number of primary amides is 1. The number of hydrogen-bond acceptors (Lipinski definition) is 9. The van der Waals surface area contributed by atoms with Gasteiger partial charge in [0.25, 0.3) is 0 Å². The molecule has 0 unspecified atom stereocenters. The normalized spacial score (nSPS) is 14.5. The van der Waals surface area contributed by atoms with Crippen LogP contribution in [0.2, 0.25) is 0 Å². The van der Waals surface area contributed by atoms with E-state index >= 15 is 19.2 Å². The summed E-state index contributed by atoms with van der Waals surface area (Å²) in [6.07, 6.45) is 0.347. The molecule has 17 nitrogen and oxygen atoms in total. The Labute approximate surface area is 494 Å². The topological polar surface area (TPSA) is 200 Å². The minimum atomic E-state index is -0.998. The fourth-order valence-electron chi connectivity index (χ4n) is 11.0. The van der Waals surface area contributed by atoms with Crippen molar-refractivity contribution in [2.75, 3.05) is 45.8 Å². The van der Waals surface area contributed by atoms with Crippen LogP contribution < -0.4 is 11.1 Å². The highest BCUT2D eigenvalue weighted by Gasteiger charge is 2.49. The molecule has 1 fully saturated rings. The number of hydroxylamine groups is 2. The highest BCUT2D eigenvalue weighted by Crippen LogP contribution is 2.39. The molecule has 1 radical (unpaired) electrons. The maximum Gasteiger partial charge on any atom is 0.243 e. The summed E-state index contributed by atoms with van der Waals surface area (Å²) in [5, 5.41) is 18.3. The zero-order valence-electron chi connectivity index (χ0n) is 49.2. The molecule has 0 aliphatic carbocycles. The first-order valence-corrected chi connectivity index (χ1v) is 28.6. The number of piperidine rings is 1. The van der Waals surface area contributed by atoms with Crippen molar-refractivity contribution >= 4 is 41.4 Å². The number of benzene rings is 6. The molecule has 7 rings (SSSR count). The number of nitrogens with zero attached hydrogens (tertiary/aromatic N) is 7. The number of rotatable bonds is 27. The van der Waals surface area contributed by atoms with E-state index in [4.69, 9.17) is 5.73 Å². The Hall–Kier alpha value is -8.51. The Balaban J connectivity index is 1.21. The number of carbonyl (C=O) groups is 7. The summed E-state index contributed by atoms with van der Waals surface area (Å²) >= 11 is 0. The van der Waals surface area contributed by atoms with Crippen molar-refractivity contribution in [1.29, 1.82) is 0 Å². The zero-order valence-corrected chi connectivity index (χ0v) is 49.2. The van der Waals surface area contributed by atoms with Gasteiger partial charge >= 0.3 is 0 Å². The van der Waals surface area contributed by atoms with Gasteiger partial charge in [0.2, 0.25) is 41.4 Å². The van der Waals surface area contributed by atoms with Crippen molar-refractivity contribution < 1.29 is 38.8 Å². The van der Waals surface area contributed by atoms with Crippen molar-refractivity contribution in [2.24, 2.45) is 5.73 Å². The van der Waals surface area contributed by atoms with Crippen molar-refractivity contribution in [3.8, 4) is 0 Å². The van der Waals surface area contributed by atoms with Gasteiger partial charge in [-0.2, -0.15) is 0 Å². The standard InChI is InChI=1S/C67H80N9O8/c1-50(56-33-21-11-22-34-56)69-39-60(78)70(40-52-25-13-7-14-26-52)45-61(79)73(43-55-31-19-10-20-32-55)48-65(83)75(58-37-66(3,4)76(84)67(5,6)38-58)49-63(81)71(41-53-27-15-8-16-28-53)46-62(80)72(42-54-29-17-9-18-30-54)47-64(82)74(44-59(68)77)51(2)57-35-23-12-24-36-57/h7-36,50-51,58,69H,37-49H2,1-6H3,(H2,68,77)/t50-,51-/m0/s1. The zero-order chi connectivity index (χ0) is 60.4. The second-order valence-corrected chi connectivity index (χ2v) is 23.0. The van der Waals surface area contributed by atoms with E-state index in [9.17, 15) is 19.6 Å². The monoisotopic (exact) mass is 1140 g/mol. The lowest BCUT2D eigenvalue weighted by Crippen LogP contribution is -2.64. The summed E-state index contributed by atoms with van der Waals surface area (Å²) in [5.41, 5.74) is 8.38. The predicted octanol–water partition coefficient (Wildman–Crippen LogP) is 7.72. The second kappa shape index (κ2) is 29.6. The molecule has 0 bridgehead atoms. The van der Waals surface area contributed by atoms with Gasteiger partial charge in [0.15, 0.2) is 0 Å². The molecule has 441 valence electrons. The largest absolute Gasteiger partial charge is 0.368 e. The van der Waals surface area contributed by atoms with Gasteiger partial charge in [-0.1, -0.05) is 182 Å². The number of nitrogens with two attached hydrogens (primary N) is 1. The molecule has 6 aromatic rings. The van der Waals surface area contributed by atoms with E-state index in [1.165, 1.54) is 29.4 Å². The van der Waals surface area contributed by atoms with Crippen LogP contribution in [0.4, 0.5) is 0 Å².